The van der Waals surface area contributed by atoms with Gasteiger partial charge in [-0.1, -0.05) is 42.5 Å². The summed E-state index contributed by atoms with van der Waals surface area (Å²) < 4.78 is 6.11. The van der Waals surface area contributed by atoms with Crippen molar-refractivity contribution < 1.29 is 9.53 Å². The van der Waals surface area contributed by atoms with Gasteiger partial charge >= 0.3 is 5.97 Å². The molecule has 2 rings (SSSR count). The maximum Gasteiger partial charge on any atom is 0.328 e. The van der Waals surface area contributed by atoms with Crippen LogP contribution in [0.25, 0.3) is 11.1 Å². The first-order valence-electron chi connectivity index (χ1n) is 6.29. The third-order valence-electron chi connectivity index (χ3n) is 2.88. The smallest absolute Gasteiger partial charge is 0.328 e. The minimum atomic E-state index is -0.751. The molecule has 20 heavy (non-hydrogen) atoms. The molecule has 0 aliphatic carbocycles. The van der Waals surface area contributed by atoms with Crippen LogP contribution in [-0.4, -0.2) is 12.6 Å². The van der Waals surface area contributed by atoms with E-state index in [9.17, 15) is 4.79 Å². The van der Waals surface area contributed by atoms with Crippen LogP contribution in [0.5, 0.6) is 0 Å². The van der Waals surface area contributed by atoms with Crippen molar-refractivity contribution in [1.82, 2.24) is 0 Å². The highest BCUT2D eigenvalue weighted by Gasteiger charge is 2.18. The number of carbonyl (C=O) groups excluding carboxylic acids is 1. The Bertz CT molecular complexity index is 596. The van der Waals surface area contributed by atoms with Crippen LogP contribution < -0.4 is 0 Å². The first-order chi connectivity index (χ1) is 9.63. The van der Waals surface area contributed by atoms with Gasteiger partial charge < -0.3 is 4.74 Å². The lowest BCUT2D eigenvalue weighted by atomic mass is 10.0. The summed E-state index contributed by atoms with van der Waals surface area (Å²) in [5, 5.41) is -0.751. The van der Waals surface area contributed by atoms with E-state index in [-0.39, 0.29) is 0 Å². The molecule has 104 valence electrons. The van der Waals surface area contributed by atoms with Crippen molar-refractivity contribution in [1.29, 1.82) is 0 Å². The number of esters is 1. The van der Waals surface area contributed by atoms with Gasteiger partial charge in [0.25, 0.3) is 0 Å². The Morgan fingerprint density at radius 3 is 2.45 bits per heavy atom. The van der Waals surface area contributed by atoms with Gasteiger partial charge in [-0.25, -0.2) is 0 Å². The third-order valence-corrected chi connectivity index (χ3v) is 4.25. The van der Waals surface area contributed by atoms with Crippen molar-refractivity contribution in [2.24, 2.45) is 0 Å². The molecular weight excluding hydrogens is 387 g/mol. The van der Waals surface area contributed by atoms with Crippen LogP contribution >= 0.6 is 34.2 Å². The molecular formula is C16H14ClIO2. The van der Waals surface area contributed by atoms with Gasteiger partial charge in [0, 0.05) is 3.57 Å². The highest BCUT2D eigenvalue weighted by atomic mass is 127. The van der Waals surface area contributed by atoms with E-state index in [0.717, 1.165) is 11.1 Å². The molecule has 0 aliphatic heterocycles. The Balaban J connectivity index is 2.23. The zero-order chi connectivity index (χ0) is 14.5. The summed E-state index contributed by atoms with van der Waals surface area (Å²) in [6, 6.07) is 15.8. The minimum absolute atomic E-state index is 0.336. The lowest BCUT2D eigenvalue weighted by Gasteiger charge is -2.10. The van der Waals surface area contributed by atoms with Crippen LogP contribution in [0.3, 0.4) is 0 Å². The van der Waals surface area contributed by atoms with Crippen LogP contribution in [0, 0.1) is 3.57 Å². The number of hydrogen-bond acceptors (Lipinski definition) is 2. The molecule has 1 unspecified atom stereocenters. The molecule has 0 aromatic heterocycles. The standard InChI is InChI=1S/C16H14ClIO2/c1-2-20-16(19)15(17)12-9-7-11(8-10-12)13-5-3-4-6-14(13)18/h3-10,15H,2H2,1H3. The van der Waals surface area contributed by atoms with Gasteiger partial charge in [0.2, 0.25) is 0 Å². The second kappa shape index (κ2) is 7.09. The van der Waals surface area contributed by atoms with Crippen LogP contribution in [0.15, 0.2) is 48.5 Å². The number of alkyl halides is 1. The summed E-state index contributed by atoms with van der Waals surface area (Å²) in [4.78, 5) is 11.6. The summed E-state index contributed by atoms with van der Waals surface area (Å²) in [6.07, 6.45) is 0. The number of rotatable bonds is 4. The molecule has 2 aromatic rings. The minimum Gasteiger partial charge on any atom is -0.465 e. The van der Waals surface area contributed by atoms with E-state index >= 15 is 0 Å². The quantitative estimate of drug-likeness (QED) is 0.419. The Morgan fingerprint density at radius 1 is 1.20 bits per heavy atom. The van der Waals surface area contributed by atoms with E-state index in [1.54, 1.807) is 6.92 Å². The molecule has 0 aliphatic rings. The Kier molecular flexibility index (Phi) is 5.43. The summed E-state index contributed by atoms with van der Waals surface area (Å²) in [5.74, 6) is -0.406. The van der Waals surface area contributed by atoms with Crippen molar-refractivity contribution in [2.45, 2.75) is 12.3 Å². The lowest BCUT2D eigenvalue weighted by molar-refractivity contribution is -0.142. The van der Waals surface area contributed by atoms with E-state index in [4.69, 9.17) is 16.3 Å². The predicted molar refractivity (Wildman–Crippen MR) is 89.8 cm³/mol. The molecule has 2 nitrogen and oxygen atoms in total. The van der Waals surface area contributed by atoms with Crippen molar-refractivity contribution in [2.75, 3.05) is 6.61 Å². The molecule has 0 bridgehead atoms. The maximum absolute atomic E-state index is 11.6. The van der Waals surface area contributed by atoms with Crippen molar-refractivity contribution in [3.05, 3.63) is 57.7 Å². The van der Waals surface area contributed by atoms with Gasteiger partial charge in [0.05, 0.1) is 6.61 Å². The fourth-order valence-corrected chi connectivity index (χ4v) is 2.79. The molecule has 0 N–H and O–H groups in total. The fraction of sp³-hybridized carbons (Fsp3) is 0.188. The van der Waals surface area contributed by atoms with E-state index in [0.29, 0.717) is 6.61 Å². The van der Waals surface area contributed by atoms with Gasteiger partial charge in [0.1, 0.15) is 0 Å². The van der Waals surface area contributed by atoms with Crippen molar-refractivity contribution in [3.8, 4) is 11.1 Å². The van der Waals surface area contributed by atoms with Crippen LogP contribution in [-0.2, 0) is 9.53 Å². The third kappa shape index (κ3) is 3.52. The number of halogens is 2. The van der Waals surface area contributed by atoms with Gasteiger partial charge in [-0.05, 0) is 52.3 Å². The van der Waals surface area contributed by atoms with Gasteiger partial charge in [-0.15, -0.1) is 11.6 Å². The molecule has 0 amide bonds. The maximum atomic E-state index is 11.6. The van der Waals surface area contributed by atoms with Crippen LogP contribution in [0.1, 0.15) is 17.9 Å². The second-order valence-corrected chi connectivity index (χ2v) is 5.82. The second-order valence-electron chi connectivity index (χ2n) is 4.22. The number of benzene rings is 2. The monoisotopic (exact) mass is 400 g/mol. The Hall–Kier alpha value is -1.07. The lowest BCUT2D eigenvalue weighted by Crippen LogP contribution is -2.10. The Labute approximate surface area is 137 Å². The zero-order valence-corrected chi connectivity index (χ0v) is 13.9. The van der Waals surface area contributed by atoms with Crippen molar-refractivity contribution >= 4 is 40.2 Å². The first kappa shape index (κ1) is 15.3. The average Bonchev–Trinajstić information content (AvgIpc) is 2.47. The Morgan fingerprint density at radius 2 is 1.85 bits per heavy atom. The molecule has 0 radical (unpaired) electrons. The van der Waals surface area contributed by atoms with E-state index in [1.807, 2.05) is 36.4 Å². The topological polar surface area (TPSA) is 26.3 Å². The first-order valence-corrected chi connectivity index (χ1v) is 7.80. The SMILES string of the molecule is CCOC(=O)C(Cl)c1ccc(-c2ccccc2I)cc1. The molecule has 4 heteroatoms. The molecule has 0 spiro atoms. The average molecular weight is 401 g/mol. The molecule has 0 heterocycles. The fourth-order valence-electron chi connectivity index (χ4n) is 1.88. The number of carbonyl (C=O) groups is 1. The van der Waals surface area contributed by atoms with Crippen LogP contribution in [0.2, 0.25) is 0 Å². The van der Waals surface area contributed by atoms with E-state index < -0.39 is 11.3 Å². The van der Waals surface area contributed by atoms with E-state index in [2.05, 4.69) is 34.7 Å². The summed E-state index contributed by atoms with van der Waals surface area (Å²) >= 11 is 8.40. The molecule has 2 aromatic carbocycles. The zero-order valence-electron chi connectivity index (χ0n) is 11.0. The molecule has 0 saturated carbocycles. The van der Waals surface area contributed by atoms with Crippen LogP contribution in [0.4, 0.5) is 0 Å². The van der Waals surface area contributed by atoms with Crippen molar-refractivity contribution in [3.63, 3.8) is 0 Å². The van der Waals surface area contributed by atoms with Gasteiger partial charge in [-0.3, -0.25) is 4.79 Å². The molecule has 0 saturated heterocycles. The number of ether oxygens (including phenoxy) is 1. The summed E-state index contributed by atoms with van der Waals surface area (Å²) in [7, 11) is 0. The summed E-state index contributed by atoms with van der Waals surface area (Å²) in [6.45, 7) is 2.10. The van der Waals surface area contributed by atoms with Gasteiger partial charge in [0.15, 0.2) is 5.38 Å². The summed E-state index contributed by atoms with van der Waals surface area (Å²) in [5.41, 5.74) is 3.02. The predicted octanol–water partition coefficient (Wildman–Crippen LogP) is 4.80. The highest BCUT2D eigenvalue weighted by molar-refractivity contribution is 14.1. The molecule has 0 fully saturated rings. The normalized spacial score (nSPS) is 11.9. The highest BCUT2D eigenvalue weighted by Crippen LogP contribution is 2.28. The largest absolute Gasteiger partial charge is 0.465 e. The number of hydrogen-bond donors (Lipinski definition) is 0. The van der Waals surface area contributed by atoms with E-state index in [1.165, 1.54) is 9.13 Å². The molecule has 1 atom stereocenters. The van der Waals surface area contributed by atoms with Gasteiger partial charge in [-0.2, -0.15) is 0 Å².